The van der Waals surface area contributed by atoms with Gasteiger partial charge in [0.15, 0.2) is 0 Å². The molecule has 5 rings (SSSR count). The third kappa shape index (κ3) is 4.17. The van der Waals surface area contributed by atoms with Gasteiger partial charge in [0.1, 0.15) is 28.7 Å². The molecule has 3 aromatic rings. The summed E-state index contributed by atoms with van der Waals surface area (Å²) in [5.74, 6) is 1.64. The fourth-order valence-electron chi connectivity index (χ4n) is 4.52. The normalized spacial score (nSPS) is 22.6. The summed E-state index contributed by atoms with van der Waals surface area (Å²) in [4.78, 5) is 18.2. The van der Waals surface area contributed by atoms with Gasteiger partial charge in [-0.3, -0.25) is 4.90 Å². The Kier molecular flexibility index (Phi) is 6.10. The van der Waals surface area contributed by atoms with Crippen molar-refractivity contribution in [3.63, 3.8) is 0 Å². The lowest BCUT2D eigenvalue weighted by atomic mass is 9.78. The third-order valence-electron chi connectivity index (χ3n) is 6.31. The van der Waals surface area contributed by atoms with Crippen molar-refractivity contribution in [3.8, 4) is 5.69 Å². The van der Waals surface area contributed by atoms with Crippen LogP contribution in [0.1, 0.15) is 25.7 Å². The van der Waals surface area contributed by atoms with Gasteiger partial charge in [-0.1, -0.05) is 12.1 Å². The molecule has 2 fully saturated rings. The van der Waals surface area contributed by atoms with Crippen LogP contribution in [0.25, 0.3) is 5.69 Å². The number of nitrogens with zero attached hydrogens (tertiary/aromatic N) is 5. The highest BCUT2D eigenvalue weighted by Gasteiger charge is 2.48. The molecule has 0 bridgehead atoms. The molecule has 0 unspecified atom stereocenters. The second kappa shape index (κ2) is 8.82. The number of rotatable bonds is 5. The average Bonchev–Trinajstić information content (AvgIpc) is 3.47. The number of carbonyl (C=O) groups is 1. The van der Waals surface area contributed by atoms with Crippen molar-refractivity contribution in [3.05, 3.63) is 54.9 Å². The van der Waals surface area contributed by atoms with Crippen LogP contribution in [0.15, 0.2) is 49.1 Å². The Morgan fingerprint density at radius 2 is 2.03 bits per heavy atom. The second-order valence-electron chi connectivity index (χ2n) is 8.42. The minimum absolute atomic E-state index is 0. The summed E-state index contributed by atoms with van der Waals surface area (Å²) in [6.45, 7) is 1.35. The van der Waals surface area contributed by atoms with Crippen molar-refractivity contribution in [1.29, 1.82) is 0 Å². The maximum absolute atomic E-state index is 13.9. The molecule has 1 aliphatic carbocycles. The van der Waals surface area contributed by atoms with Gasteiger partial charge < -0.3 is 14.6 Å². The van der Waals surface area contributed by atoms with Gasteiger partial charge >= 0.3 is 6.09 Å². The number of nitrogens with one attached hydrogen (secondary N) is 1. The number of ether oxygens (including phenoxy) is 1. The van der Waals surface area contributed by atoms with Crippen LogP contribution < -0.4 is 10.2 Å². The Balaban J connectivity index is 0.00000245. The number of halogens is 2. The Hall–Kier alpha value is -3.07. The standard InChI is InChI=1S/C22H25FN6O2.ClH/c1-27-15-24-13-20(27)28-14-22(31-21(28)30)9-6-16(7-10-22)12-25-19-8-11-29(26-19)18-5-3-2-4-17(18)23;/h2-5,8,11,13,15-16H,6-7,9-10,12,14H2,1H3,(H,25,26);1H/t16-,22-;. The highest BCUT2D eigenvalue weighted by atomic mass is 35.5. The molecule has 3 heterocycles. The summed E-state index contributed by atoms with van der Waals surface area (Å²) in [5, 5.41) is 7.80. The Bertz CT molecular complexity index is 1090. The number of hydrogen-bond acceptors (Lipinski definition) is 5. The molecule has 8 nitrogen and oxygen atoms in total. The van der Waals surface area contributed by atoms with E-state index < -0.39 is 5.60 Å². The average molecular weight is 461 g/mol. The second-order valence-corrected chi connectivity index (χ2v) is 8.42. The zero-order valence-corrected chi connectivity index (χ0v) is 18.6. The number of benzene rings is 1. The van der Waals surface area contributed by atoms with E-state index in [1.54, 1.807) is 46.5 Å². The molecule has 1 aliphatic heterocycles. The van der Waals surface area contributed by atoms with E-state index in [1.165, 1.54) is 6.07 Å². The van der Waals surface area contributed by atoms with Crippen LogP contribution in [0.5, 0.6) is 0 Å². The summed E-state index contributed by atoms with van der Waals surface area (Å²) in [6, 6.07) is 8.42. The van der Waals surface area contributed by atoms with Gasteiger partial charge in [0, 0.05) is 25.9 Å². The number of amides is 1. The van der Waals surface area contributed by atoms with Gasteiger partial charge in [0.25, 0.3) is 0 Å². The molecule has 1 saturated carbocycles. The van der Waals surface area contributed by atoms with E-state index in [4.69, 9.17) is 4.74 Å². The molecule has 2 aliphatic rings. The number of para-hydroxylation sites is 1. The molecule has 1 amide bonds. The molecule has 0 atom stereocenters. The molecule has 170 valence electrons. The van der Waals surface area contributed by atoms with E-state index >= 15 is 0 Å². The van der Waals surface area contributed by atoms with Crippen LogP contribution in [0.4, 0.5) is 20.8 Å². The molecule has 1 aromatic carbocycles. The van der Waals surface area contributed by atoms with Gasteiger partial charge in [-0.2, -0.15) is 5.10 Å². The predicted octanol–water partition coefficient (Wildman–Crippen LogP) is 4.16. The number of aryl methyl sites for hydroxylation is 1. The SMILES string of the molecule is Cl.Cn1cncc1N1C[C@]2(CC[C@@H](CNc3ccn(-c4ccccc4F)n3)CC2)OC1=O. The lowest BCUT2D eigenvalue weighted by Crippen LogP contribution is -2.40. The molecule has 2 aromatic heterocycles. The Labute approximate surface area is 191 Å². The van der Waals surface area contributed by atoms with Crippen molar-refractivity contribution in [2.45, 2.75) is 31.3 Å². The fourth-order valence-corrected chi connectivity index (χ4v) is 4.52. The molecule has 32 heavy (non-hydrogen) atoms. The van der Waals surface area contributed by atoms with E-state index in [2.05, 4.69) is 15.4 Å². The Morgan fingerprint density at radius 3 is 2.75 bits per heavy atom. The number of anilines is 2. The molecule has 0 radical (unpaired) electrons. The fraction of sp³-hybridized carbons (Fsp3) is 0.409. The van der Waals surface area contributed by atoms with Crippen molar-refractivity contribution >= 4 is 30.1 Å². The molecular formula is C22H26ClFN6O2. The topological polar surface area (TPSA) is 77.2 Å². The largest absolute Gasteiger partial charge is 0.441 e. The van der Waals surface area contributed by atoms with Crippen LogP contribution in [0.3, 0.4) is 0 Å². The van der Waals surface area contributed by atoms with E-state index in [9.17, 15) is 9.18 Å². The van der Waals surface area contributed by atoms with Crippen molar-refractivity contribution in [1.82, 2.24) is 19.3 Å². The van der Waals surface area contributed by atoms with Crippen LogP contribution in [-0.2, 0) is 11.8 Å². The minimum atomic E-state index is -0.412. The molecule has 1 spiro atoms. The van der Waals surface area contributed by atoms with Gasteiger partial charge in [-0.05, 0) is 43.7 Å². The highest BCUT2D eigenvalue weighted by molar-refractivity contribution is 5.89. The van der Waals surface area contributed by atoms with Gasteiger partial charge in [0.2, 0.25) is 0 Å². The zero-order valence-electron chi connectivity index (χ0n) is 17.8. The first-order valence-corrected chi connectivity index (χ1v) is 10.5. The van der Waals surface area contributed by atoms with E-state index in [0.29, 0.717) is 18.2 Å². The van der Waals surface area contributed by atoms with Crippen molar-refractivity contribution in [2.24, 2.45) is 13.0 Å². The van der Waals surface area contributed by atoms with E-state index in [-0.39, 0.29) is 24.3 Å². The predicted molar refractivity (Wildman–Crippen MR) is 121 cm³/mol. The third-order valence-corrected chi connectivity index (χ3v) is 6.31. The molecule has 10 heteroatoms. The maximum Gasteiger partial charge on any atom is 0.416 e. The first-order valence-electron chi connectivity index (χ1n) is 10.5. The zero-order chi connectivity index (χ0) is 21.4. The van der Waals surface area contributed by atoms with Gasteiger partial charge in [0.05, 0.1) is 19.1 Å². The van der Waals surface area contributed by atoms with Crippen LogP contribution in [0.2, 0.25) is 0 Å². The van der Waals surface area contributed by atoms with Crippen LogP contribution in [0, 0.1) is 11.7 Å². The van der Waals surface area contributed by atoms with Gasteiger partial charge in [-0.15, -0.1) is 12.4 Å². The first kappa shape index (κ1) is 22.1. The number of aromatic nitrogens is 4. The summed E-state index contributed by atoms with van der Waals surface area (Å²) in [7, 11) is 1.87. The Morgan fingerprint density at radius 1 is 1.25 bits per heavy atom. The molecule has 1 N–H and O–H groups in total. The van der Waals surface area contributed by atoms with E-state index in [0.717, 1.165) is 43.9 Å². The summed E-state index contributed by atoms with van der Waals surface area (Å²) in [6.07, 6.45) is 8.44. The minimum Gasteiger partial charge on any atom is -0.441 e. The van der Waals surface area contributed by atoms with Crippen LogP contribution >= 0.6 is 12.4 Å². The quantitative estimate of drug-likeness (QED) is 0.618. The molecule has 1 saturated heterocycles. The maximum atomic E-state index is 13.9. The lowest BCUT2D eigenvalue weighted by Gasteiger charge is -2.35. The smallest absolute Gasteiger partial charge is 0.416 e. The lowest BCUT2D eigenvalue weighted by molar-refractivity contribution is 0.0148. The van der Waals surface area contributed by atoms with Gasteiger partial charge in [-0.25, -0.2) is 18.9 Å². The first-order chi connectivity index (χ1) is 15.0. The van der Waals surface area contributed by atoms with Crippen molar-refractivity contribution in [2.75, 3.05) is 23.3 Å². The summed E-state index contributed by atoms with van der Waals surface area (Å²) >= 11 is 0. The summed E-state index contributed by atoms with van der Waals surface area (Å²) in [5.41, 5.74) is 0.0146. The number of carbonyl (C=O) groups excluding carboxylic acids is 1. The number of imidazole rings is 1. The van der Waals surface area contributed by atoms with Crippen molar-refractivity contribution < 1.29 is 13.9 Å². The van der Waals surface area contributed by atoms with Crippen LogP contribution in [-0.4, -0.2) is 44.1 Å². The molecular weight excluding hydrogens is 435 g/mol. The van der Waals surface area contributed by atoms with E-state index in [1.807, 2.05) is 17.7 Å². The number of hydrogen-bond donors (Lipinski definition) is 1. The highest BCUT2D eigenvalue weighted by Crippen LogP contribution is 2.40. The monoisotopic (exact) mass is 460 g/mol. The summed E-state index contributed by atoms with van der Waals surface area (Å²) < 4.78 is 23.1.